The molecule has 0 saturated carbocycles. The minimum Gasteiger partial charge on any atom is -0.506 e. The minimum absolute atomic E-state index is 0.0776. The summed E-state index contributed by atoms with van der Waals surface area (Å²) in [4.78, 5) is 0. The molecule has 0 aliphatic rings. The van der Waals surface area contributed by atoms with Crippen molar-refractivity contribution >= 4 is 17.3 Å². The number of benzene rings is 3. The van der Waals surface area contributed by atoms with E-state index in [4.69, 9.17) is 16.3 Å². The molecule has 0 aliphatic carbocycles. The highest BCUT2D eigenvalue weighted by Crippen LogP contribution is 2.27. The third kappa shape index (κ3) is 4.21. The van der Waals surface area contributed by atoms with Crippen LogP contribution in [0, 0.1) is 0 Å². The number of anilines is 1. The van der Waals surface area contributed by atoms with Crippen LogP contribution in [0.5, 0.6) is 11.5 Å². The molecule has 0 radical (unpaired) electrons. The summed E-state index contributed by atoms with van der Waals surface area (Å²) < 4.78 is 5.95. The average Bonchev–Trinajstić information content (AvgIpc) is 2.62. The number of para-hydroxylation sites is 1. The van der Waals surface area contributed by atoms with Crippen LogP contribution in [-0.2, 0) is 13.2 Å². The molecule has 0 heterocycles. The lowest BCUT2D eigenvalue weighted by atomic mass is 10.2. The van der Waals surface area contributed by atoms with Gasteiger partial charge in [0.25, 0.3) is 0 Å². The Morgan fingerprint density at radius 2 is 1.67 bits per heavy atom. The smallest absolute Gasteiger partial charge is 0.134 e. The molecule has 3 aromatic carbocycles. The average molecular weight is 340 g/mol. The summed E-state index contributed by atoms with van der Waals surface area (Å²) >= 11 is 5.93. The Bertz CT molecular complexity index is 806. The zero-order chi connectivity index (χ0) is 16.8. The van der Waals surface area contributed by atoms with Crippen molar-refractivity contribution in [2.24, 2.45) is 0 Å². The van der Waals surface area contributed by atoms with Crippen LogP contribution in [0.3, 0.4) is 0 Å². The molecule has 0 bridgehead atoms. The Morgan fingerprint density at radius 1 is 0.917 bits per heavy atom. The van der Waals surface area contributed by atoms with Gasteiger partial charge < -0.3 is 15.2 Å². The van der Waals surface area contributed by atoms with Crippen molar-refractivity contribution in [3.8, 4) is 11.5 Å². The Labute approximate surface area is 146 Å². The van der Waals surface area contributed by atoms with Gasteiger partial charge in [-0.3, -0.25) is 0 Å². The molecule has 2 N–H and O–H groups in total. The first-order valence-electron chi connectivity index (χ1n) is 7.69. The molecule has 0 aliphatic heterocycles. The van der Waals surface area contributed by atoms with Gasteiger partial charge in [-0.25, -0.2) is 0 Å². The molecule has 0 atom stereocenters. The maximum absolute atomic E-state index is 9.47. The molecule has 0 fully saturated rings. The van der Waals surface area contributed by atoms with Gasteiger partial charge in [-0.2, -0.15) is 0 Å². The summed E-state index contributed by atoms with van der Waals surface area (Å²) in [6.07, 6.45) is 0. The van der Waals surface area contributed by atoms with E-state index < -0.39 is 0 Å². The first kappa shape index (κ1) is 16.2. The van der Waals surface area contributed by atoms with Crippen molar-refractivity contribution in [1.82, 2.24) is 0 Å². The van der Waals surface area contributed by atoms with Gasteiger partial charge >= 0.3 is 0 Å². The van der Waals surface area contributed by atoms with E-state index in [-0.39, 0.29) is 5.75 Å². The number of halogens is 1. The fourth-order valence-corrected chi connectivity index (χ4v) is 2.52. The van der Waals surface area contributed by atoms with Crippen LogP contribution in [0.4, 0.5) is 5.69 Å². The number of rotatable bonds is 6. The molecule has 0 unspecified atom stereocenters. The normalized spacial score (nSPS) is 10.4. The van der Waals surface area contributed by atoms with Crippen LogP contribution in [0.25, 0.3) is 0 Å². The van der Waals surface area contributed by atoms with Crippen molar-refractivity contribution in [2.45, 2.75) is 13.2 Å². The Hall–Kier alpha value is -2.65. The monoisotopic (exact) mass is 339 g/mol. The van der Waals surface area contributed by atoms with Crippen LogP contribution in [0.1, 0.15) is 11.1 Å². The third-order valence-electron chi connectivity index (χ3n) is 3.64. The highest BCUT2D eigenvalue weighted by molar-refractivity contribution is 6.32. The van der Waals surface area contributed by atoms with Gasteiger partial charge in [0.05, 0.1) is 5.02 Å². The zero-order valence-corrected chi connectivity index (χ0v) is 13.8. The molecule has 0 spiro atoms. The SMILES string of the molecule is Oc1ccc(NCc2ccccc2OCc2ccccc2)cc1Cl. The molecule has 3 rings (SSSR count). The summed E-state index contributed by atoms with van der Waals surface area (Å²) in [5.41, 5.74) is 3.03. The van der Waals surface area contributed by atoms with Crippen LogP contribution in [0.15, 0.2) is 72.8 Å². The van der Waals surface area contributed by atoms with E-state index in [0.717, 1.165) is 22.6 Å². The van der Waals surface area contributed by atoms with Crippen LogP contribution in [0.2, 0.25) is 5.02 Å². The fourth-order valence-electron chi connectivity index (χ4n) is 2.34. The number of aromatic hydroxyl groups is 1. The van der Waals surface area contributed by atoms with E-state index in [1.54, 1.807) is 18.2 Å². The molecule has 0 amide bonds. The van der Waals surface area contributed by atoms with Crippen LogP contribution < -0.4 is 10.1 Å². The number of nitrogens with one attached hydrogen (secondary N) is 1. The second-order valence-corrected chi connectivity index (χ2v) is 5.81. The molecule has 0 aromatic heterocycles. The number of hydrogen-bond acceptors (Lipinski definition) is 3. The topological polar surface area (TPSA) is 41.5 Å². The number of ether oxygens (including phenoxy) is 1. The van der Waals surface area contributed by atoms with Crippen LogP contribution >= 0.6 is 11.6 Å². The fraction of sp³-hybridized carbons (Fsp3) is 0.100. The van der Waals surface area contributed by atoms with Crippen molar-refractivity contribution in [3.63, 3.8) is 0 Å². The standard InChI is InChI=1S/C20H18ClNO2/c21-18-12-17(10-11-19(18)23)22-13-16-8-4-5-9-20(16)24-14-15-6-2-1-3-7-15/h1-12,22-23H,13-14H2. The highest BCUT2D eigenvalue weighted by Gasteiger charge is 2.05. The van der Waals surface area contributed by atoms with Gasteiger partial charge in [0.1, 0.15) is 18.1 Å². The molecular formula is C20H18ClNO2. The minimum atomic E-state index is 0.0776. The van der Waals surface area contributed by atoms with Gasteiger partial charge in [-0.15, -0.1) is 0 Å². The first-order valence-corrected chi connectivity index (χ1v) is 8.07. The molecular weight excluding hydrogens is 322 g/mol. The molecule has 3 nitrogen and oxygen atoms in total. The van der Waals surface area contributed by atoms with Gasteiger partial charge in [0.15, 0.2) is 0 Å². The van der Waals surface area contributed by atoms with E-state index in [1.807, 2.05) is 54.6 Å². The predicted octanol–water partition coefficient (Wildman–Crippen LogP) is 5.24. The van der Waals surface area contributed by atoms with Crippen molar-refractivity contribution < 1.29 is 9.84 Å². The zero-order valence-electron chi connectivity index (χ0n) is 13.1. The Kier molecular flexibility index (Phi) is 5.24. The lowest BCUT2D eigenvalue weighted by Crippen LogP contribution is -2.03. The second kappa shape index (κ2) is 7.75. The van der Waals surface area contributed by atoms with Gasteiger partial charge in [0.2, 0.25) is 0 Å². The van der Waals surface area contributed by atoms with Gasteiger partial charge in [0, 0.05) is 17.8 Å². The maximum atomic E-state index is 9.47. The maximum Gasteiger partial charge on any atom is 0.134 e. The van der Waals surface area contributed by atoms with E-state index in [1.165, 1.54) is 0 Å². The van der Waals surface area contributed by atoms with Gasteiger partial charge in [-0.1, -0.05) is 60.1 Å². The van der Waals surface area contributed by atoms with E-state index >= 15 is 0 Å². The molecule has 122 valence electrons. The Morgan fingerprint density at radius 3 is 2.46 bits per heavy atom. The number of phenols is 1. The first-order chi connectivity index (χ1) is 11.7. The van der Waals surface area contributed by atoms with Crippen LogP contribution in [-0.4, -0.2) is 5.11 Å². The molecule has 4 heteroatoms. The molecule has 0 saturated heterocycles. The van der Waals surface area contributed by atoms with Crippen molar-refractivity contribution in [1.29, 1.82) is 0 Å². The summed E-state index contributed by atoms with van der Waals surface area (Å²) in [5, 5.41) is 13.1. The summed E-state index contributed by atoms with van der Waals surface area (Å²) in [6, 6.07) is 23.1. The summed E-state index contributed by atoms with van der Waals surface area (Å²) in [5.74, 6) is 0.924. The van der Waals surface area contributed by atoms with E-state index in [9.17, 15) is 5.11 Å². The van der Waals surface area contributed by atoms with Crippen molar-refractivity contribution in [3.05, 3.63) is 88.9 Å². The quantitative estimate of drug-likeness (QED) is 0.604. The summed E-state index contributed by atoms with van der Waals surface area (Å²) in [6.45, 7) is 1.13. The number of hydrogen-bond donors (Lipinski definition) is 2. The Balaban J connectivity index is 1.66. The third-order valence-corrected chi connectivity index (χ3v) is 3.94. The lowest BCUT2D eigenvalue weighted by molar-refractivity contribution is 0.303. The largest absolute Gasteiger partial charge is 0.506 e. The second-order valence-electron chi connectivity index (χ2n) is 5.40. The molecule has 24 heavy (non-hydrogen) atoms. The highest BCUT2D eigenvalue weighted by atomic mass is 35.5. The van der Waals surface area contributed by atoms with Gasteiger partial charge in [-0.05, 0) is 29.8 Å². The van der Waals surface area contributed by atoms with E-state index in [2.05, 4.69) is 5.32 Å². The van der Waals surface area contributed by atoms with E-state index in [0.29, 0.717) is 18.2 Å². The number of phenolic OH excluding ortho intramolecular Hbond substituents is 1. The van der Waals surface area contributed by atoms with Crippen molar-refractivity contribution in [2.75, 3.05) is 5.32 Å². The molecule has 3 aromatic rings. The predicted molar refractivity (Wildman–Crippen MR) is 97.7 cm³/mol. The lowest BCUT2D eigenvalue weighted by Gasteiger charge is -2.13. The summed E-state index contributed by atoms with van der Waals surface area (Å²) in [7, 11) is 0.